The molecule has 0 saturated carbocycles. The van der Waals surface area contributed by atoms with Crippen LogP contribution in [0, 0.1) is 13.8 Å². The zero-order chi connectivity index (χ0) is 16.4. The van der Waals surface area contributed by atoms with Gasteiger partial charge >= 0.3 is 0 Å². The molecular weight excluding hydrogens is 296 g/mol. The number of aryl methyl sites for hydroxylation is 1. The Balaban J connectivity index is 2.23. The van der Waals surface area contributed by atoms with Crippen LogP contribution in [0.4, 0.5) is 0 Å². The molecule has 0 spiro atoms. The van der Waals surface area contributed by atoms with E-state index in [1.54, 1.807) is 4.90 Å². The molecule has 1 heterocycles. The van der Waals surface area contributed by atoms with Crippen LogP contribution in [0.1, 0.15) is 47.2 Å². The molecule has 0 saturated heterocycles. The number of benzene rings is 1. The predicted molar refractivity (Wildman–Crippen MR) is 91.5 cm³/mol. The zero-order valence-electron chi connectivity index (χ0n) is 13.9. The first kappa shape index (κ1) is 16.6. The van der Waals surface area contributed by atoms with Gasteiger partial charge in [-0.05, 0) is 51.5 Å². The van der Waals surface area contributed by atoms with E-state index in [9.17, 15) is 4.79 Å². The standard InChI is InChI=1S/C18H23ClN2O/c1-12(2)21-13(3)9-17(14(21)4)18(22)20(5)11-15-7-6-8-16(19)10-15/h6-10,12H,11H2,1-5H3. The van der Waals surface area contributed by atoms with Crippen LogP contribution in [0.15, 0.2) is 30.3 Å². The summed E-state index contributed by atoms with van der Waals surface area (Å²) >= 11 is 6.00. The van der Waals surface area contributed by atoms with Gasteiger partial charge in [-0.15, -0.1) is 0 Å². The number of hydrogen-bond donors (Lipinski definition) is 0. The van der Waals surface area contributed by atoms with Crippen LogP contribution in [0.3, 0.4) is 0 Å². The Bertz CT molecular complexity index is 688. The maximum atomic E-state index is 12.7. The summed E-state index contributed by atoms with van der Waals surface area (Å²) in [5, 5.41) is 0.691. The maximum Gasteiger partial charge on any atom is 0.255 e. The normalized spacial score (nSPS) is 11.0. The largest absolute Gasteiger partial charge is 0.346 e. The van der Waals surface area contributed by atoms with Gasteiger partial charge in [-0.1, -0.05) is 23.7 Å². The number of carbonyl (C=O) groups excluding carboxylic acids is 1. The van der Waals surface area contributed by atoms with Crippen molar-refractivity contribution in [1.29, 1.82) is 0 Å². The minimum Gasteiger partial charge on any atom is -0.346 e. The molecule has 4 heteroatoms. The van der Waals surface area contributed by atoms with E-state index in [1.165, 1.54) is 0 Å². The van der Waals surface area contributed by atoms with E-state index in [-0.39, 0.29) is 5.91 Å². The Morgan fingerprint density at radius 3 is 2.50 bits per heavy atom. The van der Waals surface area contributed by atoms with Crippen molar-refractivity contribution in [3.8, 4) is 0 Å². The van der Waals surface area contributed by atoms with Gasteiger partial charge in [0.25, 0.3) is 5.91 Å². The lowest BCUT2D eigenvalue weighted by Gasteiger charge is -2.18. The van der Waals surface area contributed by atoms with Crippen molar-refractivity contribution in [2.75, 3.05) is 7.05 Å². The zero-order valence-corrected chi connectivity index (χ0v) is 14.6. The Labute approximate surface area is 137 Å². The van der Waals surface area contributed by atoms with Crippen LogP contribution >= 0.6 is 11.6 Å². The molecule has 2 rings (SSSR count). The minimum atomic E-state index is 0.0416. The number of amides is 1. The summed E-state index contributed by atoms with van der Waals surface area (Å²) in [4.78, 5) is 14.5. The van der Waals surface area contributed by atoms with Crippen LogP contribution in [0.25, 0.3) is 0 Å². The quantitative estimate of drug-likeness (QED) is 0.808. The number of carbonyl (C=O) groups is 1. The molecule has 0 radical (unpaired) electrons. The third-order valence-electron chi connectivity index (χ3n) is 3.89. The smallest absolute Gasteiger partial charge is 0.255 e. The van der Waals surface area contributed by atoms with Crippen LogP contribution in [-0.4, -0.2) is 22.4 Å². The molecule has 3 nitrogen and oxygen atoms in total. The Morgan fingerprint density at radius 2 is 1.95 bits per heavy atom. The number of aromatic nitrogens is 1. The first-order chi connectivity index (χ1) is 10.3. The van der Waals surface area contributed by atoms with Crippen molar-refractivity contribution in [3.63, 3.8) is 0 Å². The van der Waals surface area contributed by atoms with Crippen LogP contribution in [0.2, 0.25) is 5.02 Å². The molecule has 0 aliphatic heterocycles. The molecule has 1 aromatic heterocycles. The van der Waals surface area contributed by atoms with Gasteiger partial charge in [0, 0.05) is 36.0 Å². The summed E-state index contributed by atoms with van der Waals surface area (Å²) in [6.07, 6.45) is 0. The lowest BCUT2D eigenvalue weighted by atomic mass is 10.2. The molecule has 1 aromatic carbocycles. The average molecular weight is 319 g/mol. The van der Waals surface area contributed by atoms with E-state index in [0.29, 0.717) is 17.6 Å². The summed E-state index contributed by atoms with van der Waals surface area (Å²) < 4.78 is 2.19. The monoisotopic (exact) mass is 318 g/mol. The molecule has 118 valence electrons. The third kappa shape index (κ3) is 3.36. The Kier molecular flexibility index (Phi) is 4.97. The molecule has 0 aliphatic rings. The second-order valence-electron chi connectivity index (χ2n) is 6.04. The first-order valence-electron chi connectivity index (χ1n) is 7.49. The van der Waals surface area contributed by atoms with E-state index < -0.39 is 0 Å². The molecule has 0 N–H and O–H groups in total. The van der Waals surface area contributed by atoms with Crippen molar-refractivity contribution >= 4 is 17.5 Å². The van der Waals surface area contributed by atoms with Gasteiger partial charge < -0.3 is 9.47 Å². The van der Waals surface area contributed by atoms with Crippen LogP contribution < -0.4 is 0 Å². The van der Waals surface area contributed by atoms with Gasteiger partial charge in [0.15, 0.2) is 0 Å². The van der Waals surface area contributed by atoms with E-state index in [2.05, 4.69) is 18.4 Å². The summed E-state index contributed by atoms with van der Waals surface area (Å²) in [5.41, 5.74) is 3.94. The van der Waals surface area contributed by atoms with Crippen molar-refractivity contribution < 1.29 is 4.79 Å². The van der Waals surface area contributed by atoms with E-state index in [4.69, 9.17) is 11.6 Å². The summed E-state index contributed by atoms with van der Waals surface area (Å²) in [5.74, 6) is 0.0416. The topological polar surface area (TPSA) is 25.2 Å². The van der Waals surface area contributed by atoms with Gasteiger partial charge in [0.2, 0.25) is 0 Å². The fraction of sp³-hybridized carbons (Fsp3) is 0.389. The number of nitrogens with zero attached hydrogens (tertiary/aromatic N) is 2. The fourth-order valence-corrected chi connectivity index (χ4v) is 3.19. The highest BCUT2D eigenvalue weighted by atomic mass is 35.5. The molecule has 2 aromatic rings. The molecule has 22 heavy (non-hydrogen) atoms. The van der Waals surface area contributed by atoms with Crippen LogP contribution in [0.5, 0.6) is 0 Å². The van der Waals surface area contributed by atoms with Gasteiger partial charge in [0.1, 0.15) is 0 Å². The van der Waals surface area contributed by atoms with Crippen LogP contribution in [-0.2, 0) is 6.54 Å². The highest BCUT2D eigenvalue weighted by Crippen LogP contribution is 2.22. The maximum absolute atomic E-state index is 12.7. The third-order valence-corrected chi connectivity index (χ3v) is 4.12. The predicted octanol–water partition coefficient (Wildman–Crippen LogP) is 4.61. The molecule has 1 amide bonds. The fourth-order valence-electron chi connectivity index (χ4n) is 2.97. The summed E-state index contributed by atoms with van der Waals surface area (Å²) in [6, 6.07) is 9.94. The van der Waals surface area contributed by atoms with Crippen molar-refractivity contribution in [2.45, 2.75) is 40.3 Å². The number of rotatable bonds is 4. The van der Waals surface area contributed by atoms with E-state index >= 15 is 0 Å². The highest BCUT2D eigenvalue weighted by Gasteiger charge is 2.20. The average Bonchev–Trinajstić information content (AvgIpc) is 2.73. The van der Waals surface area contributed by atoms with Crippen molar-refractivity contribution in [2.24, 2.45) is 0 Å². The van der Waals surface area contributed by atoms with Gasteiger partial charge in [-0.25, -0.2) is 0 Å². The molecule has 0 bridgehead atoms. The molecule has 0 aliphatic carbocycles. The van der Waals surface area contributed by atoms with Gasteiger partial charge in [-0.2, -0.15) is 0 Å². The number of halogens is 1. The second kappa shape index (κ2) is 6.57. The summed E-state index contributed by atoms with van der Waals surface area (Å²) in [6.45, 7) is 8.85. The molecule has 0 fully saturated rings. The first-order valence-corrected chi connectivity index (χ1v) is 7.87. The number of hydrogen-bond acceptors (Lipinski definition) is 1. The SMILES string of the molecule is Cc1cc(C(=O)N(C)Cc2cccc(Cl)c2)c(C)n1C(C)C. The highest BCUT2D eigenvalue weighted by molar-refractivity contribution is 6.30. The van der Waals surface area contributed by atoms with Crippen molar-refractivity contribution in [3.05, 3.63) is 57.9 Å². The lowest BCUT2D eigenvalue weighted by Crippen LogP contribution is -2.26. The minimum absolute atomic E-state index is 0.0416. The summed E-state index contributed by atoms with van der Waals surface area (Å²) in [7, 11) is 1.82. The van der Waals surface area contributed by atoms with Gasteiger partial charge in [-0.3, -0.25) is 4.79 Å². The van der Waals surface area contributed by atoms with E-state index in [1.807, 2.05) is 51.2 Å². The Morgan fingerprint density at radius 1 is 1.27 bits per heavy atom. The second-order valence-corrected chi connectivity index (χ2v) is 6.48. The van der Waals surface area contributed by atoms with Crippen molar-refractivity contribution in [1.82, 2.24) is 9.47 Å². The van der Waals surface area contributed by atoms with Gasteiger partial charge in [0.05, 0.1) is 5.56 Å². The van der Waals surface area contributed by atoms with E-state index in [0.717, 1.165) is 22.5 Å². The molecule has 0 atom stereocenters. The molecular formula is C18H23ClN2O. The lowest BCUT2D eigenvalue weighted by molar-refractivity contribution is 0.0784. The molecule has 0 unspecified atom stereocenters. The Hall–Kier alpha value is -1.74.